The predicted molar refractivity (Wildman–Crippen MR) is 56.4 cm³/mol. The van der Waals surface area contributed by atoms with E-state index in [9.17, 15) is 0 Å². The first kappa shape index (κ1) is 8.06. The minimum atomic E-state index is 0.816. The lowest BCUT2D eigenvalue weighted by Gasteiger charge is -1.90. The van der Waals surface area contributed by atoms with Crippen LogP contribution in [0, 0.1) is 18.4 Å². The Labute approximate surface area is 86.0 Å². The number of nitrogens with zero attached hydrogens (tertiary/aromatic N) is 4. The maximum absolute atomic E-state index is 9.10. The lowest BCUT2D eigenvalue weighted by molar-refractivity contribution is 0.966. The highest BCUT2D eigenvalue weighted by Crippen LogP contribution is 2.19. The van der Waals surface area contributed by atoms with Crippen LogP contribution in [0.5, 0.6) is 0 Å². The molecule has 4 nitrogen and oxygen atoms in total. The molecule has 0 saturated heterocycles. The van der Waals surface area contributed by atoms with E-state index in [4.69, 9.17) is 5.26 Å². The Morgan fingerprint density at radius 3 is 2.73 bits per heavy atom. The second-order valence-corrected chi connectivity index (χ2v) is 3.48. The van der Waals surface area contributed by atoms with Gasteiger partial charge in [-0.25, -0.2) is 9.08 Å². The number of fused-ring (bicyclic) bond motifs is 3. The van der Waals surface area contributed by atoms with Crippen LogP contribution in [0.2, 0.25) is 0 Å². The van der Waals surface area contributed by atoms with Crippen molar-refractivity contribution in [3.8, 4) is 6.19 Å². The summed E-state index contributed by atoms with van der Waals surface area (Å²) in [6.45, 7) is 1.92. The van der Waals surface area contributed by atoms with Crippen molar-refractivity contribution in [2.24, 2.45) is 0 Å². The van der Waals surface area contributed by atoms with E-state index in [1.54, 1.807) is 9.08 Å². The molecule has 0 unspecified atom stereocenters. The molecule has 1 aromatic carbocycles. The zero-order chi connectivity index (χ0) is 10.4. The molecular formula is C11H8N4. The smallest absolute Gasteiger partial charge is 0.190 e. The lowest BCUT2D eigenvalue weighted by atomic mass is 10.3. The van der Waals surface area contributed by atoms with Gasteiger partial charge in [0.05, 0.1) is 16.7 Å². The number of rotatable bonds is 0. The average molecular weight is 196 g/mol. The van der Waals surface area contributed by atoms with Gasteiger partial charge in [-0.15, -0.1) is 0 Å². The summed E-state index contributed by atoms with van der Waals surface area (Å²) in [6.07, 6.45) is 2.16. The van der Waals surface area contributed by atoms with E-state index in [0.717, 1.165) is 22.4 Å². The number of aryl methyl sites for hydroxylation is 1. The van der Waals surface area contributed by atoms with Gasteiger partial charge in [0.25, 0.3) is 0 Å². The van der Waals surface area contributed by atoms with Gasteiger partial charge in [0.1, 0.15) is 0 Å². The summed E-state index contributed by atoms with van der Waals surface area (Å²) >= 11 is 0. The molecule has 0 aliphatic heterocycles. The van der Waals surface area contributed by atoms with Crippen LogP contribution >= 0.6 is 0 Å². The molecular weight excluding hydrogens is 188 g/mol. The van der Waals surface area contributed by atoms with Crippen LogP contribution in [-0.4, -0.2) is 14.2 Å². The van der Waals surface area contributed by atoms with Crippen molar-refractivity contribution in [3.05, 3.63) is 36.0 Å². The van der Waals surface area contributed by atoms with Gasteiger partial charge in [-0.2, -0.15) is 10.4 Å². The number of nitriles is 1. The highest BCUT2D eigenvalue weighted by atomic mass is 15.3. The quantitative estimate of drug-likeness (QED) is 0.551. The third-order valence-electron chi connectivity index (χ3n) is 2.49. The van der Waals surface area contributed by atoms with Gasteiger partial charge < -0.3 is 0 Å². The van der Waals surface area contributed by atoms with Crippen molar-refractivity contribution < 1.29 is 0 Å². The molecule has 0 fully saturated rings. The Hall–Kier alpha value is -2.28. The van der Waals surface area contributed by atoms with E-state index in [1.165, 1.54) is 0 Å². The van der Waals surface area contributed by atoms with Crippen LogP contribution in [0.15, 0.2) is 30.3 Å². The first-order chi connectivity index (χ1) is 7.31. The Morgan fingerprint density at radius 2 is 2.00 bits per heavy atom. The molecule has 3 rings (SSSR count). The fourth-order valence-corrected chi connectivity index (χ4v) is 1.88. The molecule has 0 spiro atoms. The molecule has 0 N–H and O–H groups in total. The van der Waals surface area contributed by atoms with Gasteiger partial charge in [-0.3, -0.25) is 0 Å². The summed E-state index contributed by atoms with van der Waals surface area (Å²) in [4.78, 5) is 0. The Kier molecular flexibility index (Phi) is 1.40. The third kappa shape index (κ3) is 0.919. The van der Waals surface area contributed by atoms with Crippen LogP contribution in [0.1, 0.15) is 5.69 Å². The van der Waals surface area contributed by atoms with Crippen molar-refractivity contribution in [1.82, 2.24) is 14.2 Å². The molecule has 2 heterocycles. The van der Waals surface area contributed by atoms with Crippen LogP contribution in [0.4, 0.5) is 0 Å². The fourth-order valence-electron chi connectivity index (χ4n) is 1.88. The first-order valence-corrected chi connectivity index (χ1v) is 4.67. The summed E-state index contributed by atoms with van der Waals surface area (Å²) in [7, 11) is 0. The van der Waals surface area contributed by atoms with E-state index in [1.807, 2.05) is 37.3 Å². The van der Waals surface area contributed by atoms with Gasteiger partial charge in [-0.1, -0.05) is 12.1 Å². The van der Waals surface area contributed by atoms with E-state index in [0.29, 0.717) is 0 Å². The number of aromatic nitrogens is 3. The molecule has 72 valence electrons. The van der Waals surface area contributed by atoms with Crippen molar-refractivity contribution in [1.29, 1.82) is 5.26 Å². The maximum Gasteiger partial charge on any atom is 0.190 e. The molecule has 4 heteroatoms. The SMILES string of the molecule is Cc1cc2n(C#N)c3ccccc3n2n1. The van der Waals surface area contributed by atoms with Crippen molar-refractivity contribution in [2.75, 3.05) is 0 Å². The average Bonchev–Trinajstić information content (AvgIpc) is 2.73. The van der Waals surface area contributed by atoms with Crippen molar-refractivity contribution in [2.45, 2.75) is 6.92 Å². The Balaban J connectivity index is 2.66. The van der Waals surface area contributed by atoms with Gasteiger partial charge in [-0.05, 0) is 19.1 Å². The first-order valence-electron chi connectivity index (χ1n) is 4.67. The summed E-state index contributed by atoms with van der Waals surface area (Å²) in [5, 5.41) is 13.5. The minimum absolute atomic E-state index is 0.816. The van der Waals surface area contributed by atoms with E-state index >= 15 is 0 Å². The van der Waals surface area contributed by atoms with Gasteiger partial charge in [0.15, 0.2) is 11.8 Å². The molecule has 0 bridgehead atoms. The maximum atomic E-state index is 9.10. The number of benzene rings is 1. The summed E-state index contributed by atoms with van der Waals surface area (Å²) < 4.78 is 3.39. The lowest BCUT2D eigenvalue weighted by Crippen LogP contribution is -1.85. The molecule has 15 heavy (non-hydrogen) atoms. The largest absolute Gasteiger partial charge is 0.228 e. The number of hydrogen-bond donors (Lipinski definition) is 0. The normalized spacial score (nSPS) is 10.9. The monoisotopic (exact) mass is 196 g/mol. The number of para-hydroxylation sites is 2. The molecule has 3 aromatic rings. The minimum Gasteiger partial charge on any atom is -0.228 e. The van der Waals surface area contributed by atoms with E-state index in [2.05, 4.69) is 11.3 Å². The standard InChI is InChI=1S/C11H8N4/c1-8-6-11-14(7-12)9-4-2-3-5-10(9)15(11)13-8/h2-6H,1H3. The third-order valence-corrected chi connectivity index (χ3v) is 2.49. The zero-order valence-corrected chi connectivity index (χ0v) is 8.18. The molecule has 0 aliphatic rings. The van der Waals surface area contributed by atoms with Crippen LogP contribution in [0.25, 0.3) is 16.7 Å². The Bertz CT molecular complexity index is 696. The number of hydrogen-bond acceptors (Lipinski definition) is 2. The van der Waals surface area contributed by atoms with Crippen molar-refractivity contribution >= 4 is 16.7 Å². The predicted octanol–water partition coefficient (Wildman–Crippen LogP) is 1.93. The topological polar surface area (TPSA) is 46.0 Å². The summed E-state index contributed by atoms with van der Waals surface area (Å²) in [5.74, 6) is 0. The molecule has 0 saturated carbocycles. The summed E-state index contributed by atoms with van der Waals surface area (Å²) in [5.41, 5.74) is 3.58. The van der Waals surface area contributed by atoms with Gasteiger partial charge in [0, 0.05) is 6.07 Å². The molecule has 0 radical (unpaired) electrons. The highest BCUT2D eigenvalue weighted by molar-refractivity contribution is 5.82. The van der Waals surface area contributed by atoms with Gasteiger partial charge in [0.2, 0.25) is 0 Å². The molecule has 0 amide bonds. The number of imidazole rings is 1. The van der Waals surface area contributed by atoms with Crippen LogP contribution in [0.3, 0.4) is 0 Å². The van der Waals surface area contributed by atoms with Crippen LogP contribution < -0.4 is 0 Å². The second-order valence-electron chi connectivity index (χ2n) is 3.48. The zero-order valence-electron chi connectivity index (χ0n) is 8.18. The summed E-state index contributed by atoms with van der Waals surface area (Å²) in [6, 6.07) is 9.65. The fraction of sp³-hybridized carbons (Fsp3) is 0.0909. The molecule has 0 atom stereocenters. The molecule has 0 aliphatic carbocycles. The van der Waals surface area contributed by atoms with Crippen LogP contribution in [-0.2, 0) is 0 Å². The highest BCUT2D eigenvalue weighted by Gasteiger charge is 2.10. The molecule has 2 aromatic heterocycles. The van der Waals surface area contributed by atoms with E-state index in [-0.39, 0.29) is 0 Å². The second kappa shape index (κ2) is 2.61. The van der Waals surface area contributed by atoms with Crippen molar-refractivity contribution in [3.63, 3.8) is 0 Å². The van der Waals surface area contributed by atoms with Gasteiger partial charge >= 0.3 is 0 Å². The van der Waals surface area contributed by atoms with E-state index < -0.39 is 0 Å². The Morgan fingerprint density at radius 1 is 1.27 bits per heavy atom.